The summed E-state index contributed by atoms with van der Waals surface area (Å²) >= 11 is 0. The molecule has 0 saturated carbocycles. The summed E-state index contributed by atoms with van der Waals surface area (Å²) in [6.45, 7) is 13.0. The van der Waals surface area contributed by atoms with E-state index >= 15 is 0 Å². The molecule has 0 fully saturated rings. The van der Waals surface area contributed by atoms with E-state index in [0.717, 1.165) is 97.6 Å². The van der Waals surface area contributed by atoms with E-state index in [0.29, 0.717) is 42.9 Å². The normalized spacial score (nSPS) is 15.0. The first-order chi connectivity index (χ1) is 27.4. The monoisotopic (exact) mass is 774 g/mol. The van der Waals surface area contributed by atoms with Gasteiger partial charge in [0.1, 0.15) is 5.75 Å². The zero-order chi connectivity index (χ0) is 40.8. The molecule has 10 heteroatoms. The number of nitrogens with zero attached hydrogens (tertiary/aromatic N) is 6. The molecule has 3 aromatic carbocycles. The van der Waals surface area contributed by atoms with Gasteiger partial charge in [0.05, 0.1) is 5.56 Å². The molecule has 57 heavy (non-hydrogen) atoms. The van der Waals surface area contributed by atoms with Crippen LogP contribution in [0, 0.1) is 6.92 Å². The third-order valence-electron chi connectivity index (χ3n) is 11.8. The van der Waals surface area contributed by atoms with Gasteiger partial charge >= 0.3 is 6.09 Å². The Morgan fingerprint density at radius 2 is 1.51 bits per heavy atom. The van der Waals surface area contributed by atoms with Gasteiger partial charge in [-0.15, -0.1) is 0 Å². The summed E-state index contributed by atoms with van der Waals surface area (Å²) in [5.74, 6) is 0.491. The Hall–Kier alpha value is -5.09. The van der Waals surface area contributed by atoms with Gasteiger partial charge in [0.2, 0.25) is 0 Å². The van der Waals surface area contributed by atoms with Crippen LogP contribution in [0.3, 0.4) is 0 Å². The van der Waals surface area contributed by atoms with E-state index < -0.39 is 6.09 Å². The Morgan fingerprint density at radius 1 is 0.789 bits per heavy atom. The number of carbonyl (C=O) groups is 3. The molecule has 4 aromatic rings. The van der Waals surface area contributed by atoms with Crippen LogP contribution in [-0.2, 0) is 33.0 Å². The highest BCUT2D eigenvalue weighted by atomic mass is 16.6. The second-order valence-electron chi connectivity index (χ2n) is 16.3. The van der Waals surface area contributed by atoms with E-state index in [1.807, 2.05) is 73.3 Å². The van der Waals surface area contributed by atoms with Crippen LogP contribution in [0.5, 0.6) is 5.75 Å². The van der Waals surface area contributed by atoms with Crippen LogP contribution in [0.4, 0.5) is 10.5 Å². The lowest BCUT2D eigenvalue weighted by atomic mass is 9.90. The number of fused-ring (bicyclic) bond motifs is 2. The molecule has 2 aliphatic heterocycles. The minimum absolute atomic E-state index is 0.00146. The average Bonchev–Trinajstić information content (AvgIpc) is 3.51. The highest BCUT2D eigenvalue weighted by Crippen LogP contribution is 2.36. The molecule has 304 valence electrons. The molecule has 6 rings (SSSR count). The first-order valence-electron chi connectivity index (χ1n) is 20.8. The predicted molar refractivity (Wildman–Crippen MR) is 229 cm³/mol. The van der Waals surface area contributed by atoms with Crippen molar-refractivity contribution in [2.45, 2.75) is 85.4 Å². The standard InChI is InChI=1S/C47H62N6O4/c1-9-11-21-51(22-12-10-2)45(54)41-30-44(50(8)34(41)4)42-27-36-20-23-52(47(56)57-40-19-15-18-39(29-40)49(7)25-24-48(5)6)31-38(36)28-43(42)46(55)53-32-37-17-14-13-16-35(37)26-33(53)3/h13-19,27-30,33H,9-12,20-26,31-32H2,1-8H3/t33-/m1/s1. The number of aromatic nitrogens is 1. The lowest BCUT2D eigenvalue weighted by Crippen LogP contribution is -2.43. The van der Waals surface area contributed by atoms with Crippen LogP contribution in [0.2, 0.25) is 0 Å². The van der Waals surface area contributed by atoms with Crippen molar-refractivity contribution >= 4 is 23.6 Å². The van der Waals surface area contributed by atoms with Gasteiger partial charge in [0.15, 0.2) is 0 Å². The topological polar surface area (TPSA) is 81.6 Å². The van der Waals surface area contributed by atoms with E-state index in [4.69, 9.17) is 4.74 Å². The molecule has 2 aliphatic rings. The molecule has 0 aliphatic carbocycles. The van der Waals surface area contributed by atoms with Gasteiger partial charge in [0, 0.05) is 100 Å². The minimum atomic E-state index is -0.413. The lowest BCUT2D eigenvalue weighted by Gasteiger charge is -2.36. The molecule has 0 spiro atoms. The second kappa shape index (κ2) is 18.4. The Morgan fingerprint density at radius 3 is 2.21 bits per heavy atom. The van der Waals surface area contributed by atoms with Crippen molar-refractivity contribution in [2.75, 3.05) is 58.8 Å². The third kappa shape index (κ3) is 9.39. The molecule has 0 unspecified atom stereocenters. The molecule has 0 radical (unpaired) electrons. The minimum Gasteiger partial charge on any atom is -0.410 e. The first-order valence-corrected chi connectivity index (χ1v) is 20.8. The zero-order valence-corrected chi connectivity index (χ0v) is 35.4. The molecule has 3 heterocycles. The molecule has 0 N–H and O–H groups in total. The number of hydrogen-bond donors (Lipinski definition) is 0. The number of benzene rings is 3. The average molecular weight is 775 g/mol. The van der Waals surface area contributed by atoms with Gasteiger partial charge in [-0.2, -0.15) is 0 Å². The summed E-state index contributed by atoms with van der Waals surface area (Å²) in [5.41, 5.74) is 9.23. The number of carbonyl (C=O) groups excluding carboxylic acids is 3. The van der Waals surface area contributed by atoms with E-state index in [1.165, 1.54) is 5.56 Å². The van der Waals surface area contributed by atoms with Gasteiger partial charge in [-0.05, 0) is 106 Å². The Balaban J connectivity index is 1.33. The maximum Gasteiger partial charge on any atom is 0.415 e. The smallest absolute Gasteiger partial charge is 0.410 e. The van der Waals surface area contributed by atoms with Crippen molar-refractivity contribution in [1.29, 1.82) is 0 Å². The van der Waals surface area contributed by atoms with Crippen LogP contribution in [-0.4, -0.2) is 102 Å². The van der Waals surface area contributed by atoms with E-state index in [2.05, 4.69) is 73.5 Å². The number of amides is 3. The van der Waals surface area contributed by atoms with Gasteiger partial charge in [-0.25, -0.2) is 4.79 Å². The Bertz CT molecular complexity index is 2060. The largest absolute Gasteiger partial charge is 0.415 e. The fourth-order valence-electron chi connectivity index (χ4n) is 8.05. The number of unbranched alkanes of at least 4 members (excludes halogenated alkanes) is 2. The summed E-state index contributed by atoms with van der Waals surface area (Å²) in [4.78, 5) is 52.8. The SMILES string of the molecule is CCCCN(CCCC)C(=O)c1cc(-c2cc3c(cc2C(=O)N2Cc4ccccc4C[C@H]2C)CN(C(=O)Oc2cccc(N(C)CCN(C)C)c2)CC3)n(C)c1C. The van der Waals surface area contributed by atoms with Crippen LogP contribution in [0.15, 0.2) is 66.7 Å². The zero-order valence-electron chi connectivity index (χ0n) is 35.4. The number of ether oxygens (including phenoxy) is 1. The number of rotatable bonds is 14. The van der Waals surface area contributed by atoms with Crippen molar-refractivity contribution in [2.24, 2.45) is 7.05 Å². The van der Waals surface area contributed by atoms with Crippen molar-refractivity contribution in [3.05, 3.63) is 106 Å². The number of hydrogen-bond acceptors (Lipinski definition) is 6. The summed E-state index contributed by atoms with van der Waals surface area (Å²) in [6.07, 6.45) is 4.94. The van der Waals surface area contributed by atoms with Gasteiger partial charge < -0.3 is 33.8 Å². The predicted octanol–water partition coefficient (Wildman–Crippen LogP) is 8.18. The van der Waals surface area contributed by atoms with Crippen molar-refractivity contribution in [3.8, 4) is 17.0 Å². The highest BCUT2D eigenvalue weighted by Gasteiger charge is 2.33. The molecule has 3 amide bonds. The fraction of sp³-hybridized carbons (Fsp3) is 0.468. The third-order valence-corrected chi connectivity index (χ3v) is 11.8. The molecule has 10 nitrogen and oxygen atoms in total. The molecule has 0 saturated heterocycles. The van der Waals surface area contributed by atoms with E-state index in [1.54, 1.807) is 4.90 Å². The Kier molecular flexibility index (Phi) is 13.4. The van der Waals surface area contributed by atoms with E-state index in [-0.39, 0.29) is 17.9 Å². The summed E-state index contributed by atoms with van der Waals surface area (Å²) in [6, 6.07) is 22.1. The van der Waals surface area contributed by atoms with Crippen LogP contribution in [0.1, 0.15) is 95.1 Å². The number of likely N-dealkylation sites (N-methyl/N-ethyl adjacent to an activating group) is 2. The van der Waals surface area contributed by atoms with E-state index in [9.17, 15) is 14.4 Å². The second-order valence-corrected chi connectivity index (χ2v) is 16.3. The highest BCUT2D eigenvalue weighted by molar-refractivity contribution is 6.03. The fourth-order valence-corrected chi connectivity index (χ4v) is 8.05. The Labute approximate surface area is 340 Å². The van der Waals surface area contributed by atoms with Crippen molar-refractivity contribution in [1.82, 2.24) is 24.2 Å². The number of anilines is 1. The summed E-state index contributed by atoms with van der Waals surface area (Å²) < 4.78 is 8.02. The van der Waals surface area contributed by atoms with Gasteiger partial charge in [-0.3, -0.25) is 9.59 Å². The quantitative estimate of drug-likeness (QED) is 0.129. The van der Waals surface area contributed by atoms with Crippen LogP contribution >= 0.6 is 0 Å². The molecule has 1 aromatic heterocycles. The first kappa shape index (κ1) is 41.5. The van der Waals surface area contributed by atoms with Crippen molar-refractivity contribution < 1.29 is 19.1 Å². The maximum absolute atomic E-state index is 14.9. The maximum atomic E-state index is 14.9. The summed E-state index contributed by atoms with van der Waals surface area (Å²) in [7, 11) is 8.13. The summed E-state index contributed by atoms with van der Waals surface area (Å²) in [5, 5.41) is 0. The molecular formula is C47H62N6O4. The van der Waals surface area contributed by atoms with Crippen LogP contribution < -0.4 is 9.64 Å². The lowest BCUT2D eigenvalue weighted by molar-refractivity contribution is 0.0658. The van der Waals surface area contributed by atoms with Gasteiger partial charge in [0.25, 0.3) is 11.8 Å². The van der Waals surface area contributed by atoms with Crippen LogP contribution in [0.25, 0.3) is 11.3 Å². The van der Waals surface area contributed by atoms with Gasteiger partial charge in [-0.1, -0.05) is 57.0 Å². The molecule has 1 atom stereocenters. The molecular weight excluding hydrogens is 713 g/mol. The molecule has 0 bridgehead atoms. The van der Waals surface area contributed by atoms with Crippen molar-refractivity contribution in [3.63, 3.8) is 0 Å².